The molecule has 0 saturated heterocycles. The molecule has 9 heteroatoms. The number of anilines is 1. The molecule has 0 radical (unpaired) electrons. The zero-order chi connectivity index (χ0) is 30.0. The highest BCUT2D eigenvalue weighted by molar-refractivity contribution is 6.00. The molecule has 1 aromatic rings. The SMILES string of the molecule is CC(=O)C1(CC(CC(=O)N(C)C(C)C)C(=O)O)CCCC1.CCOC(=O)CN1C(=O)C(C)CCc2ccccc21. The Morgan fingerprint density at radius 2 is 1.77 bits per heavy atom. The van der Waals surface area contributed by atoms with Crippen molar-refractivity contribution in [3.8, 4) is 0 Å². The molecule has 3 rings (SSSR count). The van der Waals surface area contributed by atoms with Crippen molar-refractivity contribution >= 4 is 35.2 Å². The molecule has 2 amide bonds. The number of carbonyl (C=O) groups excluding carboxylic acids is 4. The maximum atomic E-state index is 12.4. The maximum absolute atomic E-state index is 12.4. The molecule has 1 saturated carbocycles. The van der Waals surface area contributed by atoms with Gasteiger partial charge in [-0.1, -0.05) is 38.0 Å². The summed E-state index contributed by atoms with van der Waals surface area (Å²) in [5, 5.41) is 9.42. The summed E-state index contributed by atoms with van der Waals surface area (Å²) in [5.74, 6) is -2.29. The summed E-state index contributed by atoms with van der Waals surface area (Å²) in [6.45, 7) is 9.33. The van der Waals surface area contributed by atoms with Crippen LogP contribution < -0.4 is 4.90 Å². The van der Waals surface area contributed by atoms with Gasteiger partial charge < -0.3 is 19.6 Å². The van der Waals surface area contributed by atoms with Gasteiger partial charge >= 0.3 is 11.9 Å². The molecule has 0 bridgehead atoms. The van der Waals surface area contributed by atoms with E-state index < -0.39 is 17.3 Å². The first-order valence-corrected chi connectivity index (χ1v) is 14.4. The molecule has 222 valence electrons. The van der Waals surface area contributed by atoms with Crippen molar-refractivity contribution in [2.45, 2.75) is 92.0 Å². The van der Waals surface area contributed by atoms with Gasteiger partial charge in [-0.2, -0.15) is 0 Å². The number of hydrogen-bond donors (Lipinski definition) is 1. The normalized spacial score (nSPS) is 18.6. The largest absolute Gasteiger partial charge is 0.481 e. The predicted octanol–water partition coefficient (Wildman–Crippen LogP) is 4.65. The number of rotatable bonds is 10. The summed E-state index contributed by atoms with van der Waals surface area (Å²) in [6, 6.07) is 7.80. The number of nitrogens with zero attached hydrogens (tertiary/aromatic N) is 2. The number of carbonyl (C=O) groups is 5. The quantitative estimate of drug-likeness (QED) is 0.415. The molecule has 2 aliphatic rings. The third-order valence-electron chi connectivity index (χ3n) is 8.29. The lowest BCUT2D eigenvalue weighted by Gasteiger charge is -2.30. The second-order valence-electron chi connectivity index (χ2n) is 11.4. The standard InChI is InChI=1S/C16H27NO4.C15H19NO3/c1-11(2)17(4)14(19)9-13(15(20)21)10-16(12(3)18)7-5-6-8-16;1-3-19-14(17)10-16-13-7-5-4-6-12(13)9-8-11(2)15(16)18/h11,13H,5-10H2,1-4H3,(H,20,21);4-7,11H,3,8-10H2,1-2H3. The molecule has 1 heterocycles. The lowest BCUT2D eigenvalue weighted by Crippen LogP contribution is -2.39. The van der Waals surface area contributed by atoms with Gasteiger partial charge in [-0.05, 0) is 71.4 Å². The van der Waals surface area contributed by atoms with Crippen molar-refractivity contribution < 1.29 is 33.8 Å². The van der Waals surface area contributed by atoms with Crippen LogP contribution in [0.15, 0.2) is 24.3 Å². The van der Waals surface area contributed by atoms with Crippen LogP contribution >= 0.6 is 0 Å². The zero-order valence-electron chi connectivity index (χ0n) is 24.9. The van der Waals surface area contributed by atoms with Gasteiger partial charge in [0.15, 0.2) is 0 Å². The van der Waals surface area contributed by atoms with Crippen LogP contribution in [-0.4, -0.2) is 65.8 Å². The molecule has 1 fully saturated rings. The number of aliphatic carboxylic acids is 1. The van der Waals surface area contributed by atoms with Crippen molar-refractivity contribution in [2.24, 2.45) is 17.3 Å². The molecule has 1 N–H and O–H groups in total. The van der Waals surface area contributed by atoms with Crippen molar-refractivity contribution in [3.63, 3.8) is 0 Å². The van der Waals surface area contributed by atoms with Gasteiger partial charge in [0.2, 0.25) is 11.8 Å². The molecule has 1 aromatic carbocycles. The number of aryl methyl sites for hydroxylation is 1. The smallest absolute Gasteiger partial charge is 0.326 e. The second-order valence-corrected chi connectivity index (χ2v) is 11.4. The average Bonchev–Trinajstić information content (AvgIpc) is 3.35. The fraction of sp³-hybridized carbons (Fsp3) is 0.645. The lowest BCUT2D eigenvalue weighted by atomic mass is 9.74. The van der Waals surface area contributed by atoms with E-state index in [2.05, 4.69) is 0 Å². The number of fused-ring (bicyclic) bond motifs is 1. The molecule has 2 unspecified atom stereocenters. The number of carboxylic acids is 1. The van der Waals surface area contributed by atoms with Crippen LogP contribution in [0.3, 0.4) is 0 Å². The van der Waals surface area contributed by atoms with E-state index in [9.17, 15) is 29.1 Å². The average molecular weight is 559 g/mol. The minimum atomic E-state index is -0.979. The number of amides is 2. The van der Waals surface area contributed by atoms with E-state index in [1.165, 1.54) is 0 Å². The molecule has 0 spiro atoms. The third kappa shape index (κ3) is 8.63. The summed E-state index contributed by atoms with van der Waals surface area (Å²) in [7, 11) is 1.68. The number of carboxylic acid groups (broad SMARTS) is 1. The maximum Gasteiger partial charge on any atom is 0.326 e. The summed E-state index contributed by atoms with van der Waals surface area (Å²) in [5.41, 5.74) is 1.43. The van der Waals surface area contributed by atoms with Crippen molar-refractivity contribution in [2.75, 3.05) is 25.1 Å². The van der Waals surface area contributed by atoms with Gasteiger partial charge in [0, 0.05) is 36.5 Å². The summed E-state index contributed by atoms with van der Waals surface area (Å²) in [6.07, 6.45) is 5.37. The second kappa shape index (κ2) is 15.0. The number of esters is 1. The van der Waals surface area contributed by atoms with E-state index in [1.54, 1.807) is 30.7 Å². The first-order chi connectivity index (χ1) is 18.8. The van der Waals surface area contributed by atoms with Crippen LogP contribution in [0.25, 0.3) is 0 Å². The first kappa shape index (κ1) is 33.0. The van der Waals surface area contributed by atoms with Crippen molar-refractivity contribution in [1.82, 2.24) is 4.90 Å². The number of para-hydroxylation sites is 1. The predicted molar refractivity (Wildman–Crippen MR) is 153 cm³/mol. The Morgan fingerprint density at radius 1 is 1.15 bits per heavy atom. The Labute approximate surface area is 238 Å². The Hall–Kier alpha value is -3.23. The highest BCUT2D eigenvalue weighted by atomic mass is 16.5. The molecule has 1 aliphatic carbocycles. The topological polar surface area (TPSA) is 121 Å². The van der Waals surface area contributed by atoms with Crippen LogP contribution in [-0.2, 0) is 35.1 Å². The number of benzene rings is 1. The van der Waals surface area contributed by atoms with Gasteiger partial charge in [-0.25, -0.2) is 0 Å². The molecule has 2 atom stereocenters. The fourth-order valence-electron chi connectivity index (χ4n) is 5.48. The molecule has 1 aliphatic heterocycles. The van der Waals surface area contributed by atoms with E-state index in [0.717, 1.165) is 49.8 Å². The van der Waals surface area contributed by atoms with Crippen molar-refractivity contribution in [3.05, 3.63) is 29.8 Å². The third-order valence-corrected chi connectivity index (χ3v) is 8.29. The van der Waals surface area contributed by atoms with Crippen molar-refractivity contribution in [1.29, 1.82) is 0 Å². The molecule has 40 heavy (non-hydrogen) atoms. The number of ketones is 1. The minimum Gasteiger partial charge on any atom is -0.481 e. The van der Waals surface area contributed by atoms with E-state index >= 15 is 0 Å². The molecule has 0 aromatic heterocycles. The van der Waals surface area contributed by atoms with E-state index in [1.807, 2.05) is 45.0 Å². The number of Topliss-reactive ketones (excluding diaryl/α,β-unsaturated/α-hetero) is 1. The van der Waals surface area contributed by atoms with E-state index in [0.29, 0.717) is 6.61 Å². The lowest BCUT2D eigenvalue weighted by molar-refractivity contribution is -0.148. The summed E-state index contributed by atoms with van der Waals surface area (Å²) in [4.78, 5) is 62.7. The van der Waals surface area contributed by atoms with Gasteiger partial charge in [-0.15, -0.1) is 0 Å². The highest BCUT2D eigenvalue weighted by Crippen LogP contribution is 2.44. The van der Waals surface area contributed by atoms with Gasteiger partial charge in [0.05, 0.1) is 12.5 Å². The van der Waals surface area contributed by atoms with Crippen LogP contribution in [0.1, 0.15) is 85.1 Å². The van der Waals surface area contributed by atoms with E-state index in [-0.39, 0.29) is 54.9 Å². The Kier molecular flexibility index (Phi) is 12.3. The molecular formula is C31H46N2O7. The fourth-order valence-corrected chi connectivity index (χ4v) is 5.48. The number of ether oxygens (including phenoxy) is 1. The zero-order valence-corrected chi connectivity index (χ0v) is 24.9. The van der Waals surface area contributed by atoms with Crippen LogP contribution in [0.4, 0.5) is 5.69 Å². The van der Waals surface area contributed by atoms with Crippen LogP contribution in [0.2, 0.25) is 0 Å². The molecule has 9 nitrogen and oxygen atoms in total. The summed E-state index contributed by atoms with van der Waals surface area (Å²) < 4.78 is 4.95. The van der Waals surface area contributed by atoms with Crippen LogP contribution in [0.5, 0.6) is 0 Å². The van der Waals surface area contributed by atoms with Gasteiger partial charge in [-0.3, -0.25) is 24.0 Å². The monoisotopic (exact) mass is 558 g/mol. The van der Waals surface area contributed by atoms with E-state index in [4.69, 9.17) is 4.74 Å². The van der Waals surface area contributed by atoms with Crippen LogP contribution in [0, 0.1) is 17.3 Å². The van der Waals surface area contributed by atoms with Gasteiger partial charge in [0.25, 0.3) is 0 Å². The van der Waals surface area contributed by atoms with Gasteiger partial charge in [0.1, 0.15) is 12.3 Å². The summed E-state index contributed by atoms with van der Waals surface area (Å²) >= 11 is 0. The Balaban J connectivity index is 0.000000281. The Morgan fingerprint density at radius 3 is 2.33 bits per heavy atom. The first-order valence-electron chi connectivity index (χ1n) is 14.4. The number of hydrogen-bond acceptors (Lipinski definition) is 6. The highest BCUT2D eigenvalue weighted by Gasteiger charge is 2.42. The Bertz CT molecular complexity index is 1060. The minimum absolute atomic E-state index is 0.00185. The molecular weight excluding hydrogens is 512 g/mol.